The quantitative estimate of drug-likeness (QED) is 0.605. The maximum Gasteiger partial charge on any atom is 0.228 e. The number of ether oxygens (including phenoxy) is 1. The Kier molecular flexibility index (Phi) is 4.89. The van der Waals surface area contributed by atoms with E-state index >= 15 is 0 Å². The van der Waals surface area contributed by atoms with E-state index in [9.17, 15) is 9.59 Å². The molecule has 0 bridgehead atoms. The first-order valence-corrected chi connectivity index (χ1v) is 9.61. The number of rotatable bonds is 4. The van der Waals surface area contributed by atoms with Crippen LogP contribution in [0.3, 0.4) is 0 Å². The summed E-state index contributed by atoms with van der Waals surface area (Å²) in [7, 11) is 1.45. The average molecular weight is 382 g/mol. The molecule has 0 heterocycles. The Bertz CT molecular complexity index is 1070. The van der Waals surface area contributed by atoms with Gasteiger partial charge in [-0.3, -0.25) is 9.59 Å². The molecule has 144 valence electrons. The van der Waals surface area contributed by atoms with Gasteiger partial charge in [0.1, 0.15) is 0 Å². The van der Waals surface area contributed by atoms with Crippen molar-refractivity contribution in [2.45, 2.75) is 19.8 Å². The number of fused-ring (bicyclic) bond motifs is 1. The first kappa shape index (κ1) is 18.9. The lowest BCUT2D eigenvalue weighted by Crippen LogP contribution is -2.27. The number of Topliss-reactive ketones (excluding diaryl/α,β-unsaturated/α-hetero) is 2. The van der Waals surface area contributed by atoms with Crippen LogP contribution in [0.25, 0.3) is 0 Å². The van der Waals surface area contributed by atoms with Gasteiger partial charge in [0, 0.05) is 17.0 Å². The van der Waals surface area contributed by atoms with Crippen molar-refractivity contribution in [3.63, 3.8) is 0 Å². The normalized spacial score (nSPS) is 13.7. The molecule has 3 aromatic rings. The second kappa shape index (κ2) is 7.51. The Balaban J connectivity index is 1.98. The highest BCUT2D eigenvalue weighted by Gasteiger charge is 2.38. The summed E-state index contributed by atoms with van der Waals surface area (Å²) in [5.74, 6) is -0.680. The molecule has 0 aromatic heterocycles. The van der Waals surface area contributed by atoms with Gasteiger partial charge in [0.15, 0.2) is 11.5 Å². The minimum absolute atomic E-state index is 0.125. The maximum absolute atomic E-state index is 13.6. The molecule has 0 radical (unpaired) electrons. The molecule has 0 unspecified atom stereocenters. The van der Waals surface area contributed by atoms with Crippen molar-refractivity contribution >= 4 is 11.6 Å². The summed E-state index contributed by atoms with van der Waals surface area (Å²) in [5.41, 5.74) is 5.38. The van der Waals surface area contributed by atoms with E-state index in [4.69, 9.17) is 4.74 Å². The highest BCUT2D eigenvalue weighted by atomic mass is 16.5. The molecule has 4 rings (SSSR count). The van der Waals surface area contributed by atoms with E-state index in [0.29, 0.717) is 16.7 Å². The monoisotopic (exact) mass is 382 g/mol. The number of carbonyl (C=O) groups excluding carboxylic acids is 2. The van der Waals surface area contributed by atoms with Gasteiger partial charge in [0.25, 0.3) is 0 Å². The van der Waals surface area contributed by atoms with Crippen LogP contribution in [0.15, 0.2) is 84.1 Å². The van der Waals surface area contributed by atoms with Crippen molar-refractivity contribution in [2.24, 2.45) is 0 Å². The van der Waals surface area contributed by atoms with E-state index in [1.807, 2.05) is 62.4 Å². The molecule has 3 aromatic carbocycles. The number of hydrogen-bond acceptors (Lipinski definition) is 3. The summed E-state index contributed by atoms with van der Waals surface area (Å²) in [5, 5.41) is 0. The van der Waals surface area contributed by atoms with E-state index < -0.39 is 5.92 Å². The number of benzene rings is 3. The average Bonchev–Trinajstić information content (AvgIpc) is 2.74. The number of aryl methyl sites for hydroxylation is 2. The van der Waals surface area contributed by atoms with Gasteiger partial charge in [-0.1, -0.05) is 83.9 Å². The fourth-order valence-corrected chi connectivity index (χ4v) is 3.88. The summed E-state index contributed by atoms with van der Waals surface area (Å²) in [4.78, 5) is 26.7. The lowest BCUT2D eigenvalue weighted by molar-refractivity contribution is 0.0902. The molecule has 0 spiro atoms. The zero-order valence-electron chi connectivity index (χ0n) is 16.7. The van der Waals surface area contributed by atoms with Crippen molar-refractivity contribution in [3.05, 3.63) is 118 Å². The number of hydrogen-bond donors (Lipinski definition) is 0. The minimum Gasteiger partial charge on any atom is -0.492 e. The minimum atomic E-state index is -0.393. The smallest absolute Gasteiger partial charge is 0.228 e. The lowest BCUT2D eigenvalue weighted by Gasteiger charge is -2.27. The van der Waals surface area contributed by atoms with Gasteiger partial charge in [0.05, 0.1) is 12.7 Å². The molecule has 0 amide bonds. The van der Waals surface area contributed by atoms with Gasteiger partial charge in [-0.2, -0.15) is 0 Å². The Morgan fingerprint density at radius 1 is 0.655 bits per heavy atom. The third-order valence-corrected chi connectivity index (χ3v) is 5.43. The molecule has 0 atom stereocenters. The zero-order valence-corrected chi connectivity index (χ0v) is 16.7. The molecule has 0 N–H and O–H groups in total. The van der Waals surface area contributed by atoms with Crippen LogP contribution < -0.4 is 0 Å². The Labute approximate surface area is 170 Å². The van der Waals surface area contributed by atoms with Crippen molar-refractivity contribution in [1.82, 2.24) is 0 Å². The molecule has 0 saturated carbocycles. The summed E-state index contributed by atoms with van der Waals surface area (Å²) in [6.07, 6.45) is 0. The highest BCUT2D eigenvalue weighted by Crippen LogP contribution is 2.40. The maximum atomic E-state index is 13.6. The largest absolute Gasteiger partial charge is 0.492 e. The van der Waals surface area contributed by atoms with Gasteiger partial charge < -0.3 is 4.74 Å². The van der Waals surface area contributed by atoms with Crippen LogP contribution in [0, 0.1) is 13.8 Å². The Hall–Kier alpha value is -3.46. The third-order valence-electron chi connectivity index (χ3n) is 5.43. The van der Waals surface area contributed by atoms with Gasteiger partial charge in [-0.15, -0.1) is 0 Å². The summed E-state index contributed by atoms with van der Waals surface area (Å²) in [6, 6.07) is 23.1. The van der Waals surface area contributed by atoms with Gasteiger partial charge in [-0.05, 0) is 25.0 Å². The van der Waals surface area contributed by atoms with Crippen molar-refractivity contribution in [2.75, 3.05) is 7.11 Å². The zero-order chi connectivity index (χ0) is 20.5. The molecule has 1 aliphatic carbocycles. The van der Waals surface area contributed by atoms with E-state index in [0.717, 1.165) is 22.3 Å². The summed E-state index contributed by atoms with van der Waals surface area (Å²) >= 11 is 0. The molecule has 0 saturated heterocycles. The van der Waals surface area contributed by atoms with Gasteiger partial charge in [0.2, 0.25) is 5.78 Å². The van der Waals surface area contributed by atoms with Crippen LogP contribution in [0.1, 0.15) is 48.9 Å². The molecular weight excluding hydrogens is 360 g/mol. The first-order chi connectivity index (χ1) is 14.0. The molecule has 0 fully saturated rings. The van der Waals surface area contributed by atoms with Crippen LogP contribution in [-0.4, -0.2) is 18.7 Å². The SMILES string of the molecule is COC1=C(C(c2ccc(C)cc2)c2ccc(C)cc2)C(=O)c2ccccc2C1=O. The standard InChI is InChI=1S/C26H22O3/c1-16-8-12-18(13-9-16)22(19-14-10-17(2)11-15-19)23-24(27)20-6-4-5-7-21(20)25(28)26(23)29-3/h4-15,22H,1-3H3. The number of ketones is 2. The van der Waals surface area contributed by atoms with Crippen molar-refractivity contribution in [3.8, 4) is 0 Å². The van der Waals surface area contributed by atoms with Crippen molar-refractivity contribution < 1.29 is 14.3 Å². The van der Waals surface area contributed by atoms with E-state index in [1.165, 1.54) is 7.11 Å². The molecule has 3 heteroatoms. The topological polar surface area (TPSA) is 43.4 Å². The van der Waals surface area contributed by atoms with Crippen LogP contribution in [0.4, 0.5) is 0 Å². The van der Waals surface area contributed by atoms with E-state index in [-0.39, 0.29) is 17.3 Å². The van der Waals surface area contributed by atoms with Gasteiger partial charge in [-0.25, -0.2) is 0 Å². The summed E-state index contributed by atoms with van der Waals surface area (Å²) in [6.45, 7) is 4.05. The van der Waals surface area contributed by atoms with Crippen LogP contribution >= 0.6 is 0 Å². The second-order valence-electron chi connectivity index (χ2n) is 7.41. The molecular formula is C26H22O3. The van der Waals surface area contributed by atoms with Crippen LogP contribution in [0.2, 0.25) is 0 Å². The number of carbonyl (C=O) groups is 2. The highest BCUT2D eigenvalue weighted by molar-refractivity contribution is 6.26. The Morgan fingerprint density at radius 2 is 1.10 bits per heavy atom. The van der Waals surface area contributed by atoms with Crippen LogP contribution in [-0.2, 0) is 4.74 Å². The number of methoxy groups -OCH3 is 1. The van der Waals surface area contributed by atoms with Gasteiger partial charge >= 0.3 is 0 Å². The predicted molar refractivity (Wildman–Crippen MR) is 113 cm³/mol. The Morgan fingerprint density at radius 3 is 1.55 bits per heavy atom. The fourth-order valence-electron chi connectivity index (χ4n) is 3.88. The second-order valence-corrected chi connectivity index (χ2v) is 7.41. The molecule has 1 aliphatic rings. The summed E-state index contributed by atoms with van der Waals surface area (Å²) < 4.78 is 5.52. The molecule has 3 nitrogen and oxygen atoms in total. The predicted octanol–water partition coefficient (Wildman–Crippen LogP) is 5.42. The number of allylic oxidation sites excluding steroid dienone is 2. The van der Waals surface area contributed by atoms with Crippen LogP contribution in [0.5, 0.6) is 0 Å². The first-order valence-electron chi connectivity index (χ1n) is 9.61. The lowest BCUT2D eigenvalue weighted by atomic mass is 9.76. The molecule has 29 heavy (non-hydrogen) atoms. The molecule has 0 aliphatic heterocycles. The third kappa shape index (κ3) is 3.29. The van der Waals surface area contributed by atoms with Crippen molar-refractivity contribution in [1.29, 1.82) is 0 Å². The fraction of sp³-hybridized carbons (Fsp3) is 0.154. The van der Waals surface area contributed by atoms with E-state index in [2.05, 4.69) is 0 Å². The van der Waals surface area contributed by atoms with E-state index in [1.54, 1.807) is 24.3 Å².